The summed E-state index contributed by atoms with van der Waals surface area (Å²) in [5.41, 5.74) is 4.11. The number of nitrogens with zero attached hydrogens (tertiary/aromatic N) is 3. The zero-order valence-electron chi connectivity index (χ0n) is 13.0. The number of nitrogens with one attached hydrogen (secondary N) is 1. The van der Waals surface area contributed by atoms with E-state index in [1.54, 1.807) is 19.5 Å². The van der Waals surface area contributed by atoms with E-state index in [2.05, 4.69) is 31.3 Å². The largest absolute Gasteiger partial charge is 0.496 e. The third-order valence-corrected chi connectivity index (χ3v) is 4.10. The molecule has 0 aliphatic carbocycles. The zero-order chi connectivity index (χ0) is 16.2. The van der Waals surface area contributed by atoms with E-state index in [1.165, 1.54) is 0 Å². The summed E-state index contributed by atoms with van der Waals surface area (Å²) in [6.07, 6.45) is 5.52. The minimum absolute atomic E-state index is 0.701. The summed E-state index contributed by atoms with van der Waals surface area (Å²) in [7, 11) is 3.58. The number of methoxy groups -OCH3 is 1. The number of aryl methyl sites for hydroxylation is 1. The predicted octanol–water partition coefficient (Wildman–Crippen LogP) is 3.87. The lowest BCUT2D eigenvalue weighted by atomic mass is 10.1. The standard InChI is InChI=1S/C17H17BrN4O/c1-22-11-15(17(21-22)13-5-7-19-8-6-13)20-10-12-3-4-16(23-2)14(18)9-12/h3-9,11,20H,10H2,1-2H3. The van der Waals surface area contributed by atoms with Crippen LogP contribution in [0.15, 0.2) is 53.4 Å². The normalized spacial score (nSPS) is 10.6. The molecular weight excluding hydrogens is 356 g/mol. The maximum atomic E-state index is 5.26. The number of halogens is 1. The van der Waals surface area contributed by atoms with Crippen LogP contribution in [0.25, 0.3) is 11.3 Å². The Morgan fingerprint density at radius 3 is 2.70 bits per heavy atom. The van der Waals surface area contributed by atoms with E-state index in [-0.39, 0.29) is 0 Å². The Labute approximate surface area is 143 Å². The molecule has 0 fully saturated rings. The fourth-order valence-corrected chi connectivity index (χ4v) is 2.95. The van der Waals surface area contributed by atoms with Gasteiger partial charge in [0.1, 0.15) is 11.4 Å². The molecule has 3 rings (SSSR count). The summed E-state index contributed by atoms with van der Waals surface area (Å²) < 4.78 is 8.01. The van der Waals surface area contributed by atoms with Gasteiger partial charge < -0.3 is 10.1 Å². The molecule has 6 heteroatoms. The van der Waals surface area contributed by atoms with Crippen LogP contribution >= 0.6 is 15.9 Å². The Balaban J connectivity index is 1.80. The van der Waals surface area contributed by atoms with Crippen molar-refractivity contribution in [2.24, 2.45) is 7.05 Å². The Hall–Kier alpha value is -2.34. The fourth-order valence-electron chi connectivity index (χ4n) is 2.36. The number of hydrogen-bond acceptors (Lipinski definition) is 4. The van der Waals surface area contributed by atoms with Gasteiger partial charge in [-0.1, -0.05) is 6.07 Å². The Kier molecular flexibility index (Phi) is 4.62. The second-order valence-corrected chi connectivity index (χ2v) is 5.98. The molecule has 0 aliphatic heterocycles. The Morgan fingerprint density at radius 1 is 1.22 bits per heavy atom. The van der Waals surface area contributed by atoms with Crippen LogP contribution in [0.4, 0.5) is 5.69 Å². The van der Waals surface area contributed by atoms with Gasteiger partial charge in [0.05, 0.1) is 17.3 Å². The lowest BCUT2D eigenvalue weighted by Crippen LogP contribution is -2.00. The van der Waals surface area contributed by atoms with Gasteiger partial charge in [0.15, 0.2) is 0 Å². The van der Waals surface area contributed by atoms with Crippen LogP contribution in [0.1, 0.15) is 5.56 Å². The summed E-state index contributed by atoms with van der Waals surface area (Å²) in [6.45, 7) is 0.701. The molecule has 0 saturated carbocycles. The molecule has 0 atom stereocenters. The third-order valence-electron chi connectivity index (χ3n) is 3.48. The Bertz CT molecular complexity index is 802. The van der Waals surface area contributed by atoms with Crippen LogP contribution in [0.3, 0.4) is 0 Å². The maximum absolute atomic E-state index is 5.26. The second-order valence-electron chi connectivity index (χ2n) is 5.12. The van der Waals surface area contributed by atoms with E-state index in [1.807, 2.05) is 48.3 Å². The molecule has 0 radical (unpaired) electrons. The second kappa shape index (κ2) is 6.83. The van der Waals surface area contributed by atoms with Crippen molar-refractivity contribution in [3.05, 3.63) is 59.0 Å². The summed E-state index contributed by atoms with van der Waals surface area (Å²) in [4.78, 5) is 4.05. The molecule has 0 amide bonds. The molecular formula is C17H17BrN4O. The predicted molar refractivity (Wildman–Crippen MR) is 94.5 cm³/mol. The van der Waals surface area contributed by atoms with Gasteiger partial charge in [0.2, 0.25) is 0 Å². The van der Waals surface area contributed by atoms with E-state index < -0.39 is 0 Å². The van der Waals surface area contributed by atoms with Crippen molar-refractivity contribution in [1.82, 2.24) is 14.8 Å². The molecule has 118 valence electrons. The molecule has 0 bridgehead atoms. The highest BCUT2D eigenvalue weighted by atomic mass is 79.9. The van der Waals surface area contributed by atoms with Gasteiger partial charge in [-0.25, -0.2) is 0 Å². The highest BCUT2D eigenvalue weighted by Gasteiger charge is 2.10. The van der Waals surface area contributed by atoms with Gasteiger partial charge in [0, 0.05) is 37.7 Å². The van der Waals surface area contributed by atoms with Gasteiger partial charge >= 0.3 is 0 Å². The van der Waals surface area contributed by atoms with Crippen molar-refractivity contribution in [3.8, 4) is 17.0 Å². The van der Waals surface area contributed by atoms with Crippen molar-refractivity contribution >= 4 is 21.6 Å². The van der Waals surface area contributed by atoms with E-state index in [9.17, 15) is 0 Å². The van der Waals surface area contributed by atoms with Crippen LogP contribution in [-0.4, -0.2) is 21.9 Å². The average Bonchev–Trinajstić information content (AvgIpc) is 2.95. The molecule has 1 N–H and O–H groups in total. The summed E-state index contributed by atoms with van der Waals surface area (Å²) >= 11 is 3.51. The fraction of sp³-hybridized carbons (Fsp3) is 0.176. The van der Waals surface area contributed by atoms with E-state index in [0.29, 0.717) is 6.54 Å². The molecule has 3 aromatic rings. The van der Waals surface area contributed by atoms with E-state index in [0.717, 1.165) is 32.7 Å². The highest BCUT2D eigenvalue weighted by Crippen LogP contribution is 2.28. The molecule has 0 aliphatic rings. The number of pyridine rings is 1. The molecule has 0 unspecified atom stereocenters. The van der Waals surface area contributed by atoms with Crippen molar-refractivity contribution in [1.29, 1.82) is 0 Å². The topological polar surface area (TPSA) is 52.0 Å². The van der Waals surface area contributed by atoms with E-state index >= 15 is 0 Å². The van der Waals surface area contributed by atoms with Crippen LogP contribution in [0.2, 0.25) is 0 Å². The van der Waals surface area contributed by atoms with Gasteiger partial charge in [-0.3, -0.25) is 9.67 Å². The van der Waals surface area contributed by atoms with Gasteiger partial charge in [-0.2, -0.15) is 5.10 Å². The smallest absolute Gasteiger partial charge is 0.133 e. The Morgan fingerprint density at radius 2 is 2.00 bits per heavy atom. The van der Waals surface area contributed by atoms with E-state index in [4.69, 9.17) is 4.74 Å². The van der Waals surface area contributed by atoms with Crippen molar-refractivity contribution in [2.75, 3.05) is 12.4 Å². The van der Waals surface area contributed by atoms with Gasteiger partial charge in [-0.15, -0.1) is 0 Å². The lowest BCUT2D eigenvalue weighted by Gasteiger charge is -2.09. The third kappa shape index (κ3) is 3.53. The first kappa shape index (κ1) is 15.6. The molecule has 1 aromatic carbocycles. The van der Waals surface area contributed by atoms with Gasteiger partial charge in [0.25, 0.3) is 0 Å². The average molecular weight is 373 g/mol. The summed E-state index contributed by atoms with van der Waals surface area (Å²) in [6, 6.07) is 9.95. The molecule has 2 heterocycles. The number of hydrogen-bond donors (Lipinski definition) is 1. The molecule has 2 aromatic heterocycles. The van der Waals surface area contributed by atoms with Crippen LogP contribution < -0.4 is 10.1 Å². The highest BCUT2D eigenvalue weighted by molar-refractivity contribution is 9.10. The van der Waals surface area contributed by atoms with Crippen LogP contribution in [0.5, 0.6) is 5.75 Å². The first-order chi connectivity index (χ1) is 11.2. The molecule has 5 nitrogen and oxygen atoms in total. The summed E-state index contributed by atoms with van der Waals surface area (Å²) in [5, 5.41) is 7.98. The molecule has 0 saturated heterocycles. The number of anilines is 1. The monoisotopic (exact) mass is 372 g/mol. The van der Waals surface area contributed by atoms with Crippen molar-refractivity contribution in [2.45, 2.75) is 6.54 Å². The quantitative estimate of drug-likeness (QED) is 0.738. The van der Waals surface area contributed by atoms with Crippen LogP contribution in [-0.2, 0) is 13.6 Å². The molecule has 0 spiro atoms. The van der Waals surface area contributed by atoms with Crippen molar-refractivity contribution in [3.63, 3.8) is 0 Å². The van der Waals surface area contributed by atoms with Crippen LogP contribution in [0, 0.1) is 0 Å². The first-order valence-electron chi connectivity index (χ1n) is 7.17. The lowest BCUT2D eigenvalue weighted by molar-refractivity contribution is 0.412. The minimum Gasteiger partial charge on any atom is -0.496 e. The SMILES string of the molecule is COc1ccc(CNc2cn(C)nc2-c2ccncc2)cc1Br. The number of ether oxygens (including phenoxy) is 1. The zero-order valence-corrected chi connectivity index (χ0v) is 14.5. The number of benzene rings is 1. The molecule has 23 heavy (non-hydrogen) atoms. The van der Waals surface area contributed by atoms with Gasteiger partial charge in [-0.05, 0) is 45.8 Å². The number of aromatic nitrogens is 3. The summed E-state index contributed by atoms with van der Waals surface area (Å²) in [5.74, 6) is 0.826. The minimum atomic E-state index is 0.701. The number of rotatable bonds is 5. The first-order valence-corrected chi connectivity index (χ1v) is 7.97. The van der Waals surface area contributed by atoms with Crippen molar-refractivity contribution < 1.29 is 4.74 Å². The maximum Gasteiger partial charge on any atom is 0.133 e.